The van der Waals surface area contributed by atoms with Gasteiger partial charge in [-0.15, -0.1) is 0 Å². The molecule has 0 saturated carbocycles. The van der Waals surface area contributed by atoms with Gasteiger partial charge in [-0.3, -0.25) is 4.79 Å². The van der Waals surface area contributed by atoms with Crippen LogP contribution in [0.15, 0.2) is 54.6 Å². The van der Waals surface area contributed by atoms with Gasteiger partial charge in [0.2, 0.25) is 5.88 Å². The van der Waals surface area contributed by atoms with Gasteiger partial charge in [-0.05, 0) is 31.9 Å². The number of ether oxygens (including phenoxy) is 1. The number of nitrogens with one attached hydrogen (secondary N) is 1. The van der Waals surface area contributed by atoms with Gasteiger partial charge in [0.1, 0.15) is 6.61 Å². The first-order valence-corrected chi connectivity index (χ1v) is 8.96. The second-order valence-corrected chi connectivity index (χ2v) is 6.58. The fourth-order valence-electron chi connectivity index (χ4n) is 2.66. The van der Waals surface area contributed by atoms with Crippen molar-refractivity contribution in [3.05, 3.63) is 71.3 Å². The van der Waals surface area contributed by atoms with Crippen LogP contribution in [0, 0.1) is 6.92 Å². The molecule has 134 valence electrons. The van der Waals surface area contributed by atoms with E-state index in [2.05, 4.69) is 29.4 Å². The van der Waals surface area contributed by atoms with Gasteiger partial charge in [0, 0.05) is 17.5 Å². The fraction of sp³-hybridized carbons (Fsp3) is 0.273. The SMILES string of the molecule is CC[C@@H](C)NC(=O)c1cc(OCc2ccc(C)cc2)nc2ccccc12. The van der Waals surface area contributed by atoms with Crippen molar-refractivity contribution in [2.45, 2.75) is 39.8 Å². The number of carbonyl (C=O) groups excluding carboxylic acids is 1. The summed E-state index contributed by atoms with van der Waals surface area (Å²) < 4.78 is 5.87. The van der Waals surface area contributed by atoms with E-state index in [4.69, 9.17) is 4.74 Å². The van der Waals surface area contributed by atoms with Gasteiger partial charge in [0.05, 0.1) is 11.1 Å². The predicted octanol–water partition coefficient (Wildman–Crippen LogP) is 4.65. The van der Waals surface area contributed by atoms with E-state index in [-0.39, 0.29) is 11.9 Å². The minimum absolute atomic E-state index is 0.0989. The number of aryl methyl sites for hydroxylation is 1. The van der Waals surface area contributed by atoms with Crippen LogP contribution in [0.2, 0.25) is 0 Å². The summed E-state index contributed by atoms with van der Waals surface area (Å²) in [6.07, 6.45) is 0.880. The predicted molar refractivity (Wildman–Crippen MR) is 104 cm³/mol. The Kier molecular flexibility index (Phi) is 5.52. The topological polar surface area (TPSA) is 51.2 Å². The van der Waals surface area contributed by atoms with Gasteiger partial charge in [-0.25, -0.2) is 4.98 Å². The second-order valence-electron chi connectivity index (χ2n) is 6.58. The number of benzene rings is 2. The van der Waals surface area contributed by atoms with E-state index in [0.717, 1.165) is 22.9 Å². The van der Waals surface area contributed by atoms with E-state index < -0.39 is 0 Å². The lowest BCUT2D eigenvalue weighted by molar-refractivity contribution is 0.0940. The van der Waals surface area contributed by atoms with Crippen LogP contribution >= 0.6 is 0 Å². The molecule has 0 aliphatic carbocycles. The molecule has 0 spiro atoms. The standard InChI is InChI=1S/C22H24N2O2/c1-4-16(3)23-22(25)19-13-21(24-20-8-6-5-7-18(19)20)26-14-17-11-9-15(2)10-12-17/h5-13,16H,4,14H2,1-3H3,(H,23,25)/t16-/m1/s1. The van der Waals surface area contributed by atoms with Gasteiger partial charge in [0.15, 0.2) is 0 Å². The van der Waals surface area contributed by atoms with E-state index in [9.17, 15) is 4.79 Å². The number of carbonyl (C=O) groups is 1. The first-order valence-electron chi connectivity index (χ1n) is 8.96. The lowest BCUT2D eigenvalue weighted by Crippen LogP contribution is -2.32. The Balaban J connectivity index is 1.88. The molecule has 4 nitrogen and oxygen atoms in total. The van der Waals surface area contributed by atoms with Crippen LogP contribution in [-0.2, 0) is 6.61 Å². The zero-order valence-electron chi connectivity index (χ0n) is 15.5. The van der Waals surface area contributed by atoms with Gasteiger partial charge < -0.3 is 10.1 Å². The second kappa shape index (κ2) is 8.00. The lowest BCUT2D eigenvalue weighted by Gasteiger charge is -2.14. The highest BCUT2D eigenvalue weighted by Crippen LogP contribution is 2.23. The minimum atomic E-state index is -0.0989. The van der Waals surface area contributed by atoms with Crippen molar-refractivity contribution >= 4 is 16.8 Å². The average molecular weight is 348 g/mol. The van der Waals surface area contributed by atoms with Crippen molar-refractivity contribution in [3.8, 4) is 5.88 Å². The molecule has 1 aromatic heterocycles. The van der Waals surface area contributed by atoms with Crippen LogP contribution in [0.1, 0.15) is 41.8 Å². The number of hydrogen-bond donors (Lipinski definition) is 1. The number of rotatable bonds is 6. The third-order valence-electron chi connectivity index (χ3n) is 4.43. The summed E-state index contributed by atoms with van der Waals surface area (Å²) in [5, 5.41) is 3.85. The van der Waals surface area contributed by atoms with Crippen LogP contribution < -0.4 is 10.1 Å². The van der Waals surface area contributed by atoms with E-state index in [0.29, 0.717) is 18.1 Å². The number of pyridine rings is 1. The largest absolute Gasteiger partial charge is 0.473 e. The molecule has 0 bridgehead atoms. The third-order valence-corrected chi connectivity index (χ3v) is 4.43. The molecule has 2 aromatic carbocycles. The molecule has 0 aliphatic rings. The average Bonchev–Trinajstić information content (AvgIpc) is 2.66. The molecule has 0 saturated heterocycles. The van der Waals surface area contributed by atoms with Crippen molar-refractivity contribution in [3.63, 3.8) is 0 Å². The summed E-state index contributed by atoms with van der Waals surface area (Å²) in [6.45, 7) is 6.51. The van der Waals surface area contributed by atoms with Crippen LogP contribution in [0.4, 0.5) is 0 Å². The van der Waals surface area contributed by atoms with Crippen LogP contribution in [0.25, 0.3) is 10.9 Å². The number of fused-ring (bicyclic) bond motifs is 1. The lowest BCUT2D eigenvalue weighted by atomic mass is 10.1. The molecule has 0 fully saturated rings. The molecule has 1 amide bonds. The molecule has 1 atom stereocenters. The number of para-hydroxylation sites is 1. The van der Waals surface area contributed by atoms with E-state index in [1.807, 2.05) is 50.2 Å². The Morgan fingerprint density at radius 1 is 1.15 bits per heavy atom. The summed E-state index contributed by atoms with van der Waals surface area (Å²) in [5.41, 5.74) is 3.62. The molecule has 1 heterocycles. The van der Waals surface area contributed by atoms with Crippen LogP contribution in [0.3, 0.4) is 0 Å². The maximum atomic E-state index is 12.7. The summed E-state index contributed by atoms with van der Waals surface area (Å²) in [5.74, 6) is 0.358. The molecule has 3 rings (SSSR count). The zero-order chi connectivity index (χ0) is 18.5. The molecule has 3 aromatic rings. The molecule has 1 N–H and O–H groups in total. The maximum Gasteiger partial charge on any atom is 0.252 e. The highest BCUT2D eigenvalue weighted by atomic mass is 16.5. The van der Waals surface area contributed by atoms with Crippen molar-refractivity contribution in [1.29, 1.82) is 0 Å². The first-order chi connectivity index (χ1) is 12.6. The summed E-state index contributed by atoms with van der Waals surface area (Å²) in [6, 6.07) is 17.7. The summed E-state index contributed by atoms with van der Waals surface area (Å²) in [4.78, 5) is 17.2. The van der Waals surface area contributed by atoms with Crippen molar-refractivity contribution in [1.82, 2.24) is 10.3 Å². The van der Waals surface area contributed by atoms with E-state index in [1.165, 1.54) is 5.56 Å². The third kappa shape index (κ3) is 4.20. The Hall–Kier alpha value is -2.88. The molecule has 0 radical (unpaired) electrons. The number of hydrogen-bond acceptors (Lipinski definition) is 3. The van der Waals surface area contributed by atoms with Gasteiger partial charge in [0.25, 0.3) is 5.91 Å². The zero-order valence-corrected chi connectivity index (χ0v) is 15.5. The van der Waals surface area contributed by atoms with Gasteiger partial charge in [-0.1, -0.05) is 55.0 Å². The van der Waals surface area contributed by atoms with Crippen LogP contribution in [-0.4, -0.2) is 16.9 Å². The quantitative estimate of drug-likeness (QED) is 0.705. The van der Waals surface area contributed by atoms with Crippen molar-refractivity contribution in [2.75, 3.05) is 0 Å². The number of aromatic nitrogens is 1. The monoisotopic (exact) mass is 348 g/mol. The van der Waals surface area contributed by atoms with Crippen molar-refractivity contribution in [2.24, 2.45) is 0 Å². The van der Waals surface area contributed by atoms with E-state index in [1.54, 1.807) is 6.07 Å². The number of amides is 1. The Labute approximate surface area is 154 Å². The Morgan fingerprint density at radius 2 is 1.88 bits per heavy atom. The highest BCUT2D eigenvalue weighted by Gasteiger charge is 2.15. The van der Waals surface area contributed by atoms with Crippen molar-refractivity contribution < 1.29 is 9.53 Å². The molecule has 0 unspecified atom stereocenters. The van der Waals surface area contributed by atoms with Crippen LogP contribution in [0.5, 0.6) is 5.88 Å². The molecular formula is C22H24N2O2. The maximum absolute atomic E-state index is 12.7. The van der Waals surface area contributed by atoms with Gasteiger partial charge >= 0.3 is 0 Å². The summed E-state index contributed by atoms with van der Waals surface area (Å²) in [7, 11) is 0. The fourth-order valence-corrected chi connectivity index (χ4v) is 2.66. The molecule has 26 heavy (non-hydrogen) atoms. The number of nitrogens with zero attached hydrogens (tertiary/aromatic N) is 1. The minimum Gasteiger partial charge on any atom is -0.473 e. The normalized spacial score (nSPS) is 12.0. The molecular weight excluding hydrogens is 324 g/mol. The van der Waals surface area contributed by atoms with E-state index >= 15 is 0 Å². The summed E-state index contributed by atoms with van der Waals surface area (Å²) >= 11 is 0. The Bertz CT molecular complexity index is 904. The molecule has 4 heteroatoms. The Morgan fingerprint density at radius 3 is 2.62 bits per heavy atom. The first kappa shape index (κ1) is 17.9. The highest BCUT2D eigenvalue weighted by molar-refractivity contribution is 6.06. The molecule has 0 aliphatic heterocycles. The smallest absolute Gasteiger partial charge is 0.252 e. The van der Waals surface area contributed by atoms with Gasteiger partial charge in [-0.2, -0.15) is 0 Å².